The summed E-state index contributed by atoms with van der Waals surface area (Å²) in [6.45, 7) is 15.5. The van der Waals surface area contributed by atoms with Gasteiger partial charge in [0.2, 0.25) is 0 Å². The number of hydrogen-bond donors (Lipinski definition) is 1. The lowest BCUT2D eigenvalue weighted by molar-refractivity contribution is 0.0234. The minimum atomic E-state index is 0.308. The Morgan fingerprint density at radius 1 is 1.00 bits per heavy atom. The Balaban J connectivity index is 2.03. The molecule has 0 bridgehead atoms. The van der Waals surface area contributed by atoms with Gasteiger partial charge in [0, 0.05) is 12.1 Å². The Hall–Kier alpha value is -0.0800. The molecule has 124 valence electrons. The van der Waals surface area contributed by atoms with Crippen molar-refractivity contribution >= 4 is 0 Å². The normalized spacial score (nSPS) is 30.9. The number of nitrogens with two attached hydrogens (primary N) is 1. The Morgan fingerprint density at radius 3 is 2.14 bits per heavy atom. The summed E-state index contributed by atoms with van der Waals surface area (Å²) in [5.74, 6) is 0.873. The van der Waals surface area contributed by atoms with Crippen molar-refractivity contribution in [2.45, 2.75) is 85.1 Å². The lowest BCUT2D eigenvalue weighted by Crippen LogP contribution is -2.56. The molecule has 1 aliphatic carbocycles. The minimum Gasteiger partial charge on any atom is -0.329 e. The molecule has 0 amide bonds. The van der Waals surface area contributed by atoms with E-state index in [1.807, 2.05) is 0 Å². The van der Waals surface area contributed by atoms with E-state index in [4.69, 9.17) is 5.73 Å². The van der Waals surface area contributed by atoms with Crippen LogP contribution in [0.5, 0.6) is 0 Å². The van der Waals surface area contributed by atoms with Gasteiger partial charge in [-0.25, -0.2) is 0 Å². The van der Waals surface area contributed by atoms with E-state index in [0.717, 1.165) is 12.5 Å². The molecule has 2 aliphatic rings. The van der Waals surface area contributed by atoms with Gasteiger partial charge in [-0.1, -0.05) is 34.6 Å². The molecule has 21 heavy (non-hydrogen) atoms. The molecule has 1 heterocycles. The van der Waals surface area contributed by atoms with Crippen LogP contribution in [-0.4, -0.2) is 30.1 Å². The van der Waals surface area contributed by atoms with Crippen LogP contribution < -0.4 is 5.73 Å². The van der Waals surface area contributed by atoms with Gasteiger partial charge in [-0.15, -0.1) is 0 Å². The van der Waals surface area contributed by atoms with Crippen molar-refractivity contribution in [3.63, 3.8) is 0 Å². The first kappa shape index (κ1) is 17.3. The maximum absolute atomic E-state index is 6.29. The average Bonchev–Trinajstić information content (AvgIpc) is 2.65. The molecule has 2 rings (SSSR count). The van der Waals surface area contributed by atoms with Crippen molar-refractivity contribution < 1.29 is 0 Å². The van der Waals surface area contributed by atoms with Crippen molar-refractivity contribution in [1.82, 2.24) is 4.90 Å². The Kier molecular flexibility index (Phi) is 5.10. The van der Waals surface area contributed by atoms with Crippen LogP contribution in [0.1, 0.15) is 79.6 Å². The van der Waals surface area contributed by atoms with Crippen LogP contribution >= 0.6 is 0 Å². The highest BCUT2D eigenvalue weighted by molar-refractivity contribution is 4.99. The van der Waals surface area contributed by atoms with Crippen LogP contribution in [0, 0.1) is 16.7 Å². The Labute approximate surface area is 132 Å². The molecule has 2 heteroatoms. The van der Waals surface area contributed by atoms with Crippen molar-refractivity contribution in [2.75, 3.05) is 19.6 Å². The summed E-state index contributed by atoms with van der Waals surface area (Å²) in [4.78, 5) is 2.79. The molecular weight excluding hydrogens is 256 g/mol. The standard InChI is InChI=1S/C19H38N2/c1-17(2,3)16-7-6-13-21(14-8-16)19(15-20)11-9-18(4,5)10-12-19/h16H,6-15,20H2,1-5H3. The molecule has 0 radical (unpaired) electrons. The lowest BCUT2D eigenvalue weighted by atomic mass is 9.68. The van der Waals surface area contributed by atoms with Gasteiger partial charge in [0.1, 0.15) is 0 Å². The first-order chi connectivity index (χ1) is 9.69. The second-order valence-corrected chi connectivity index (χ2v) is 9.57. The van der Waals surface area contributed by atoms with Crippen LogP contribution in [0.4, 0.5) is 0 Å². The van der Waals surface area contributed by atoms with Gasteiger partial charge in [-0.05, 0) is 74.8 Å². The van der Waals surface area contributed by atoms with Crippen LogP contribution in [0.3, 0.4) is 0 Å². The summed E-state index contributed by atoms with van der Waals surface area (Å²) in [5, 5.41) is 0. The summed E-state index contributed by atoms with van der Waals surface area (Å²) >= 11 is 0. The van der Waals surface area contributed by atoms with Crippen LogP contribution in [0.2, 0.25) is 0 Å². The molecule has 2 N–H and O–H groups in total. The highest BCUT2D eigenvalue weighted by Gasteiger charge is 2.42. The fourth-order valence-corrected chi connectivity index (χ4v) is 4.48. The van der Waals surface area contributed by atoms with E-state index in [1.165, 1.54) is 58.0 Å². The van der Waals surface area contributed by atoms with Crippen LogP contribution in [-0.2, 0) is 0 Å². The first-order valence-electron chi connectivity index (χ1n) is 9.14. The first-order valence-corrected chi connectivity index (χ1v) is 9.14. The minimum absolute atomic E-state index is 0.308. The Morgan fingerprint density at radius 2 is 1.62 bits per heavy atom. The SMILES string of the molecule is CC1(C)CCC(CN)(N2CCCC(C(C)(C)C)CC2)CC1. The zero-order valence-corrected chi connectivity index (χ0v) is 15.2. The molecule has 1 saturated carbocycles. The zero-order chi connectivity index (χ0) is 15.7. The summed E-state index contributed by atoms with van der Waals surface area (Å²) < 4.78 is 0. The van der Waals surface area contributed by atoms with Gasteiger partial charge < -0.3 is 5.73 Å². The van der Waals surface area contributed by atoms with Crippen molar-refractivity contribution in [2.24, 2.45) is 22.5 Å². The number of rotatable bonds is 2. The monoisotopic (exact) mass is 294 g/mol. The third kappa shape index (κ3) is 4.01. The average molecular weight is 295 g/mol. The lowest BCUT2D eigenvalue weighted by Gasteiger charge is -2.49. The quantitative estimate of drug-likeness (QED) is 0.816. The summed E-state index contributed by atoms with van der Waals surface area (Å²) in [5.41, 5.74) is 7.58. The second-order valence-electron chi connectivity index (χ2n) is 9.57. The second kappa shape index (κ2) is 6.20. The van der Waals surface area contributed by atoms with Crippen LogP contribution in [0.15, 0.2) is 0 Å². The van der Waals surface area contributed by atoms with Crippen molar-refractivity contribution in [1.29, 1.82) is 0 Å². The molecule has 2 fully saturated rings. The maximum Gasteiger partial charge on any atom is 0.0332 e. The van der Waals surface area contributed by atoms with E-state index < -0.39 is 0 Å². The molecule has 1 saturated heterocycles. The van der Waals surface area contributed by atoms with E-state index in [2.05, 4.69) is 39.5 Å². The molecule has 0 aromatic rings. The third-order valence-corrected chi connectivity index (χ3v) is 6.54. The summed E-state index contributed by atoms with van der Waals surface area (Å²) in [6.07, 6.45) is 9.38. The van der Waals surface area contributed by atoms with Crippen LogP contribution in [0.25, 0.3) is 0 Å². The van der Waals surface area contributed by atoms with Crippen molar-refractivity contribution in [3.05, 3.63) is 0 Å². The molecule has 0 spiro atoms. The number of hydrogen-bond acceptors (Lipinski definition) is 2. The molecule has 0 aromatic heterocycles. The van der Waals surface area contributed by atoms with E-state index in [-0.39, 0.29) is 0 Å². The summed E-state index contributed by atoms with van der Waals surface area (Å²) in [7, 11) is 0. The van der Waals surface area contributed by atoms with Gasteiger partial charge in [0.15, 0.2) is 0 Å². The maximum atomic E-state index is 6.29. The molecular formula is C19H38N2. The molecule has 1 unspecified atom stereocenters. The van der Waals surface area contributed by atoms with E-state index >= 15 is 0 Å². The highest BCUT2D eigenvalue weighted by atomic mass is 15.2. The molecule has 1 atom stereocenters. The zero-order valence-electron chi connectivity index (χ0n) is 15.2. The van der Waals surface area contributed by atoms with E-state index in [9.17, 15) is 0 Å². The van der Waals surface area contributed by atoms with Gasteiger partial charge in [-0.2, -0.15) is 0 Å². The van der Waals surface area contributed by atoms with Crippen molar-refractivity contribution in [3.8, 4) is 0 Å². The smallest absolute Gasteiger partial charge is 0.0332 e. The van der Waals surface area contributed by atoms with Gasteiger partial charge >= 0.3 is 0 Å². The van der Waals surface area contributed by atoms with E-state index in [0.29, 0.717) is 16.4 Å². The Bertz CT molecular complexity index is 330. The molecule has 0 aromatic carbocycles. The third-order valence-electron chi connectivity index (χ3n) is 6.54. The van der Waals surface area contributed by atoms with E-state index in [1.54, 1.807) is 0 Å². The number of nitrogens with zero attached hydrogens (tertiary/aromatic N) is 1. The topological polar surface area (TPSA) is 29.3 Å². The largest absolute Gasteiger partial charge is 0.329 e. The predicted molar refractivity (Wildman–Crippen MR) is 92.4 cm³/mol. The molecule has 2 nitrogen and oxygen atoms in total. The van der Waals surface area contributed by atoms with Gasteiger partial charge in [-0.3, -0.25) is 4.90 Å². The van der Waals surface area contributed by atoms with Gasteiger partial charge in [0.05, 0.1) is 0 Å². The highest BCUT2D eigenvalue weighted by Crippen LogP contribution is 2.44. The molecule has 1 aliphatic heterocycles. The fraction of sp³-hybridized carbons (Fsp3) is 1.00. The number of likely N-dealkylation sites (tertiary alicyclic amines) is 1. The predicted octanol–water partition coefficient (Wildman–Crippen LogP) is 4.43. The fourth-order valence-electron chi connectivity index (χ4n) is 4.48. The summed E-state index contributed by atoms with van der Waals surface area (Å²) in [6, 6.07) is 0. The van der Waals surface area contributed by atoms with Gasteiger partial charge in [0.25, 0.3) is 0 Å².